The van der Waals surface area contributed by atoms with Crippen LogP contribution >= 0.6 is 0 Å². The first-order valence-electron chi connectivity index (χ1n) is 12.8. The number of hydrogen-bond donors (Lipinski definition) is 1. The number of anilines is 1. The molecule has 174 valence electrons. The fourth-order valence-corrected chi connectivity index (χ4v) is 7.05. The summed E-state index contributed by atoms with van der Waals surface area (Å²) >= 11 is 0. The molecule has 0 aliphatic heterocycles. The highest BCUT2D eigenvalue weighted by Gasteiger charge is 2.53. The number of nitrogens with zero attached hydrogens (tertiary/aromatic N) is 3. The molecule has 0 amide bonds. The number of phenolic OH excluding ortho intramolecular Hbond substituents is 1. The van der Waals surface area contributed by atoms with Crippen LogP contribution in [0.5, 0.6) is 5.75 Å². The van der Waals surface area contributed by atoms with Crippen LogP contribution in [0, 0.1) is 17.3 Å². The third kappa shape index (κ3) is 3.98. The van der Waals surface area contributed by atoms with Crippen LogP contribution in [0.1, 0.15) is 75.5 Å². The van der Waals surface area contributed by atoms with Gasteiger partial charge in [-0.25, -0.2) is 0 Å². The molecule has 4 nitrogen and oxygen atoms in total. The minimum atomic E-state index is 0.180. The summed E-state index contributed by atoms with van der Waals surface area (Å²) in [5.74, 6) is 2.47. The second kappa shape index (κ2) is 8.96. The lowest BCUT2D eigenvalue weighted by Crippen LogP contribution is -2.42. The number of fused-ring (bicyclic) bond motifs is 5. The molecule has 1 N–H and O–H groups in total. The van der Waals surface area contributed by atoms with Gasteiger partial charge in [-0.1, -0.05) is 25.1 Å². The van der Waals surface area contributed by atoms with E-state index >= 15 is 0 Å². The minimum absolute atomic E-state index is 0.180. The summed E-state index contributed by atoms with van der Waals surface area (Å²) in [6.07, 6.45) is 8.94. The number of hydrogen-bond acceptors (Lipinski definition) is 4. The zero-order valence-corrected chi connectivity index (χ0v) is 20.3. The van der Waals surface area contributed by atoms with Crippen molar-refractivity contribution in [2.45, 2.75) is 65.2 Å². The van der Waals surface area contributed by atoms with Gasteiger partial charge in [-0.05, 0) is 111 Å². The maximum atomic E-state index is 9.90. The molecule has 33 heavy (non-hydrogen) atoms. The lowest BCUT2D eigenvalue weighted by atomic mass is 9.55. The van der Waals surface area contributed by atoms with Crippen molar-refractivity contribution in [3.05, 3.63) is 59.2 Å². The Balaban J connectivity index is 1.31. The smallest absolute Gasteiger partial charge is 0.115 e. The Morgan fingerprint density at radius 3 is 2.58 bits per heavy atom. The molecule has 2 fully saturated rings. The third-order valence-electron chi connectivity index (χ3n) is 8.86. The second-order valence-corrected chi connectivity index (χ2v) is 10.3. The zero-order chi connectivity index (χ0) is 23.0. The Morgan fingerprint density at radius 1 is 1.03 bits per heavy atom. The molecule has 4 atom stereocenters. The molecule has 2 aromatic carbocycles. The number of aryl methyl sites for hydroxylation is 1. The van der Waals surface area contributed by atoms with Crippen LogP contribution in [0.25, 0.3) is 0 Å². The summed E-state index contributed by atoms with van der Waals surface area (Å²) in [6, 6.07) is 14.7. The van der Waals surface area contributed by atoms with Gasteiger partial charge in [0.25, 0.3) is 0 Å². The van der Waals surface area contributed by atoms with Crippen molar-refractivity contribution in [2.75, 3.05) is 18.0 Å². The molecule has 4 heteroatoms. The largest absolute Gasteiger partial charge is 0.508 e. The van der Waals surface area contributed by atoms with E-state index in [4.69, 9.17) is 5.10 Å². The van der Waals surface area contributed by atoms with E-state index in [1.165, 1.54) is 48.2 Å². The van der Waals surface area contributed by atoms with Crippen LogP contribution in [0.15, 0.2) is 52.7 Å². The van der Waals surface area contributed by atoms with Gasteiger partial charge in [0.05, 0.1) is 6.21 Å². The molecule has 2 aromatic rings. The van der Waals surface area contributed by atoms with E-state index in [0.717, 1.165) is 37.4 Å². The summed E-state index contributed by atoms with van der Waals surface area (Å²) < 4.78 is 0. The molecular formula is C29H37N3O. The van der Waals surface area contributed by atoms with E-state index in [2.05, 4.69) is 61.1 Å². The average Bonchev–Trinajstić information content (AvgIpc) is 3.17. The predicted molar refractivity (Wildman–Crippen MR) is 138 cm³/mol. The van der Waals surface area contributed by atoms with E-state index < -0.39 is 0 Å². The van der Waals surface area contributed by atoms with Crippen molar-refractivity contribution in [3.8, 4) is 5.75 Å². The minimum Gasteiger partial charge on any atom is -0.508 e. The summed E-state index contributed by atoms with van der Waals surface area (Å²) in [4.78, 5) is 2.35. The van der Waals surface area contributed by atoms with Gasteiger partial charge < -0.3 is 10.0 Å². The molecule has 3 aliphatic rings. The number of aromatic hydroxyl groups is 1. The van der Waals surface area contributed by atoms with Gasteiger partial charge in [-0.15, -0.1) is 0 Å². The molecule has 0 unspecified atom stereocenters. The van der Waals surface area contributed by atoms with Gasteiger partial charge in [0.2, 0.25) is 0 Å². The number of phenols is 1. The van der Waals surface area contributed by atoms with E-state index in [0.29, 0.717) is 17.6 Å². The fraction of sp³-hybridized carbons (Fsp3) is 0.517. The Bertz CT molecular complexity index is 1050. The summed E-state index contributed by atoms with van der Waals surface area (Å²) in [5, 5.41) is 19.3. The summed E-state index contributed by atoms with van der Waals surface area (Å²) in [5.41, 5.74) is 6.70. The van der Waals surface area contributed by atoms with Crippen LogP contribution in [0.4, 0.5) is 5.69 Å². The van der Waals surface area contributed by atoms with Gasteiger partial charge >= 0.3 is 0 Å². The van der Waals surface area contributed by atoms with E-state index in [1.807, 2.05) is 18.3 Å². The zero-order valence-electron chi connectivity index (χ0n) is 20.3. The highest BCUT2D eigenvalue weighted by Crippen LogP contribution is 2.60. The Hall–Kier alpha value is -2.62. The van der Waals surface area contributed by atoms with Crippen molar-refractivity contribution < 1.29 is 5.11 Å². The second-order valence-electron chi connectivity index (χ2n) is 10.3. The highest BCUT2D eigenvalue weighted by atomic mass is 16.3. The van der Waals surface area contributed by atoms with Crippen LogP contribution in [-0.2, 0) is 6.42 Å². The topological polar surface area (TPSA) is 48.2 Å². The predicted octanol–water partition coefficient (Wildman–Crippen LogP) is 6.57. The van der Waals surface area contributed by atoms with E-state index in [-0.39, 0.29) is 5.41 Å². The first-order valence-corrected chi connectivity index (χ1v) is 12.8. The molecule has 2 saturated carbocycles. The quantitative estimate of drug-likeness (QED) is 0.420. The molecule has 3 aliphatic carbocycles. The standard InChI is InChI=1S/C29H37N3O/c1-4-32(5-2)22-9-6-20(7-10-22)19-30-31-28-15-14-27-26-12-8-21-18-23(33)11-13-24(21)25(26)16-17-29(27,28)3/h6-7,9-11,13,18-19,25-27,33H,4-5,8,12,14-17H2,1-3H3/b30-19-,31-28-/t25-,26-,27+,29-/m0/s1. The normalized spacial score (nSPS) is 29.7. The van der Waals surface area contributed by atoms with Crippen molar-refractivity contribution in [2.24, 2.45) is 27.5 Å². The van der Waals surface area contributed by atoms with Crippen molar-refractivity contribution in [3.63, 3.8) is 0 Å². The number of rotatable bonds is 5. The lowest BCUT2D eigenvalue weighted by molar-refractivity contribution is 0.0955. The maximum Gasteiger partial charge on any atom is 0.115 e. The molecule has 0 radical (unpaired) electrons. The highest BCUT2D eigenvalue weighted by molar-refractivity contribution is 5.93. The van der Waals surface area contributed by atoms with Crippen LogP contribution < -0.4 is 4.90 Å². The van der Waals surface area contributed by atoms with Gasteiger partial charge in [-0.3, -0.25) is 0 Å². The van der Waals surface area contributed by atoms with Gasteiger partial charge in [0.15, 0.2) is 0 Å². The fourth-order valence-electron chi connectivity index (χ4n) is 7.05. The third-order valence-corrected chi connectivity index (χ3v) is 8.86. The summed E-state index contributed by atoms with van der Waals surface area (Å²) in [7, 11) is 0. The average molecular weight is 444 g/mol. The molecular weight excluding hydrogens is 406 g/mol. The maximum absolute atomic E-state index is 9.90. The van der Waals surface area contributed by atoms with Crippen LogP contribution in [0.3, 0.4) is 0 Å². The van der Waals surface area contributed by atoms with Crippen LogP contribution in [-0.4, -0.2) is 30.1 Å². The SMILES string of the molecule is CCN(CC)c1ccc(/C=N\N=C2\CC[C@@H]3[C@H]4CCc5cc(O)ccc5[C@@H]4CC[C@]23C)cc1. The Morgan fingerprint density at radius 2 is 1.82 bits per heavy atom. The molecule has 0 saturated heterocycles. The monoisotopic (exact) mass is 443 g/mol. The first-order chi connectivity index (χ1) is 16.0. The lowest BCUT2D eigenvalue weighted by Gasteiger charge is -2.49. The first kappa shape index (κ1) is 22.2. The summed E-state index contributed by atoms with van der Waals surface area (Å²) in [6.45, 7) is 8.87. The van der Waals surface area contributed by atoms with Crippen molar-refractivity contribution >= 4 is 17.6 Å². The van der Waals surface area contributed by atoms with Crippen LogP contribution in [0.2, 0.25) is 0 Å². The van der Waals surface area contributed by atoms with E-state index in [9.17, 15) is 5.11 Å². The molecule has 0 bridgehead atoms. The van der Waals surface area contributed by atoms with Gasteiger partial charge in [0.1, 0.15) is 5.75 Å². The molecule has 0 aromatic heterocycles. The molecule has 5 rings (SSSR count). The molecule has 0 heterocycles. The van der Waals surface area contributed by atoms with Crippen molar-refractivity contribution in [1.82, 2.24) is 0 Å². The van der Waals surface area contributed by atoms with Gasteiger partial charge in [0, 0.05) is 29.9 Å². The Kier molecular flexibility index (Phi) is 6.03. The van der Waals surface area contributed by atoms with Crippen molar-refractivity contribution in [1.29, 1.82) is 0 Å². The van der Waals surface area contributed by atoms with Gasteiger partial charge in [-0.2, -0.15) is 10.2 Å². The Labute approximate surface area is 198 Å². The van der Waals surface area contributed by atoms with E-state index in [1.54, 1.807) is 0 Å². The number of benzene rings is 2. The molecule has 0 spiro atoms.